The number of nitrogens with zero attached hydrogens (tertiary/aromatic N) is 1. The predicted molar refractivity (Wildman–Crippen MR) is 76.7 cm³/mol. The maximum atomic E-state index is 12.0. The Morgan fingerprint density at radius 1 is 1.17 bits per heavy atom. The van der Waals surface area contributed by atoms with E-state index in [-0.39, 0.29) is 0 Å². The van der Waals surface area contributed by atoms with E-state index in [1.807, 2.05) is 37.4 Å². The topological polar surface area (TPSA) is 20.3 Å². The number of ketones is 1. The molecule has 1 unspecified atom stereocenters. The molecular formula is C16H25NO. The molecule has 1 rings (SSSR count). The summed E-state index contributed by atoms with van der Waals surface area (Å²) in [6, 6.07) is 10.4. The average molecular weight is 247 g/mol. The van der Waals surface area contributed by atoms with E-state index in [4.69, 9.17) is 0 Å². The molecule has 0 N–H and O–H groups in total. The van der Waals surface area contributed by atoms with Gasteiger partial charge >= 0.3 is 0 Å². The second-order valence-electron chi connectivity index (χ2n) is 5.59. The van der Waals surface area contributed by atoms with Crippen LogP contribution in [0.15, 0.2) is 30.3 Å². The van der Waals surface area contributed by atoms with Crippen molar-refractivity contribution in [2.24, 2.45) is 5.92 Å². The lowest BCUT2D eigenvalue weighted by atomic mass is 10.0. The van der Waals surface area contributed by atoms with Crippen molar-refractivity contribution in [3.8, 4) is 0 Å². The molecule has 2 nitrogen and oxygen atoms in total. The molecule has 0 bridgehead atoms. The van der Waals surface area contributed by atoms with E-state index in [1.54, 1.807) is 0 Å². The molecule has 0 aliphatic carbocycles. The zero-order valence-electron chi connectivity index (χ0n) is 12.0. The summed E-state index contributed by atoms with van der Waals surface area (Å²) in [6.07, 6.45) is 1.68. The highest BCUT2D eigenvalue weighted by atomic mass is 16.1. The normalized spacial score (nSPS) is 13.0. The van der Waals surface area contributed by atoms with Gasteiger partial charge in [-0.15, -0.1) is 0 Å². The van der Waals surface area contributed by atoms with E-state index < -0.39 is 0 Å². The van der Waals surface area contributed by atoms with Crippen molar-refractivity contribution >= 4 is 5.78 Å². The lowest BCUT2D eigenvalue weighted by molar-refractivity contribution is -0.119. The molecular weight excluding hydrogens is 222 g/mol. The Bertz CT molecular complexity index is 359. The zero-order valence-corrected chi connectivity index (χ0v) is 12.0. The van der Waals surface area contributed by atoms with Gasteiger partial charge in [0.05, 0.1) is 6.54 Å². The fraction of sp³-hybridized carbons (Fsp3) is 0.562. The van der Waals surface area contributed by atoms with Crippen molar-refractivity contribution in [1.82, 2.24) is 4.90 Å². The van der Waals surface area contributed by atoms with Crippen LogP contribution in [0.4, 0.5) is 0 Å². The molecule has 100 valence electrons. The van der Waals surface area contributed by atoms with Crippen molar-refractivity contribution in [3.05, 3.63) is 35.9 Å². The zero-order chi connectivity index (χ0) is 13.5. The maximum absolute atomic E-state index is 12.0. The molecule has 0 heterocycles. The second kappa shape index (κ2) is 7.32. The first-order valence-corrected chi connectivity index (χ1v) is 6.75. The molecule has 2 heteroatoms. The van der Waals surface area contributed by atoms with Crippen LogP contribution in [0.5, 0.6) is 0 Å². The minimum absolute atomic E-state index is 0.291. The Kier molecular flexibility index (Phi) is 6.06. The van der Waals surface area contributed by atoms with Gasteiger partial charge in [-0.05, 0) is 31.9 Å². The Morgan fingerprint density at radius 2 is 1.78 bits per heavy atom. The standard InChI is InChI=1S/C16H25NO/c1-13(2)10-14(3)17(4)12-16(18)11-15-8-6-5-7-9-15/h5-9,13-14H,10-12H2,1-4H3. The van der Waals surface area contributed by atoms with Gasteiger partial charge in [0.1, 0.15) is 0 Å². The summed E-state index contributed by atoms with van der Waals surface area (Å²) < 4.78 is 0. The van der Waals surface area contributed by atoms with Crippen LogP contribution in [0, 0.1) is 5.92 Å². The number of Topliss-reactive ketones (excluding diaryl/α,β-unsaturated/α-hetero) is 1. The Balaban J connectivity index is 2.40. The van der Waals surface area contributed by atoms with Crippen LogP contribution in [0.25, 0.3) is 0 Å². The average Bonchev–Trinajstić information content (AvgIpc) is 2.29. The summed E-state index contributed by atoms with van der Waals surface area (Å²) in [6.45, 7) is 7.17. The number of hydrogen-bond acceptors (Lipinski definition) is 2. The van der Waals surface area contributed by atoms with Crippen LogP contribution in [-0.2, 0) is 11.2 Å². The summed E-state index contributed by atoms with van der Waals surface area (Å²) in [4.78, 5) is 14.1. The smallest absolute Gasteiger partial charge is 0.151 e. The van der Waals surface area contributed by atoms with Gasteiger partial charge in [0.15, 0.2) is 5.78 Å². The van der Waals surface area contributed by atoms with Gasteiger partial charge in [-0.3, -0.25) is 9.69 Å². The van der Waals surface area contributed by atoms with Crippen LogP contribution in [0.3, 0.4) is 0 Å². The van der Waals surface area contributed by atoms with Crippen molar-refractivity contribution in [1.29, 1.82) is 0 Å². The lowest BCUT2D eigenvalue weighted by Gasteiger charge is -2.25. The Labute approximate surface area is 111 Å². The van der Waals surface area contributed by atoms with E-state index in [2.05, 4.69) is 25.7 Å². The third-order valence-corrected chi connectivity index (χ3v) is 3.23. The Hall–Kier alpha value is -1.15. The van der Waals surface area contributed by atoms with Crippen molar-refractivity contribution < 1.29 is 4.79 Å². The van der Waals surface area contributed by atoms with Gasteiger partial charge in [-0.2, -0.15) is 0 Å². The number of carbonyl (C=O) groups is 1. The molecule has 0 aliphatic rings. The highest BCUT2D eigenvalue weighted by Crippen LogP contribution is 2.10. The number of rotatable bonds is 7. The van der Waals surface area contributed by atoms with E-state index >= 15 is 0 Å². The number of hydrogen-bond donors (Lipinski definition) is 0. The van der Waals surface area contributed by atoms with E-state index in [0.717, 1.165) is 12.0 Å². The van der Waals surface area contributed by atoms with E-state index in [0.29, 0.717) is 30.7 Å². The molecule has 1 aromatic carbocycles. The first-order chi connectivity index (χ1) is 8.49. The number of benzene rings is 1. The third kappa shape index (κ3) is 5.46. The highest BCUT2D eigenvalue weighted by Gasteiger charge is 2.14. The molecule has 0 aromatic heterocycles. The monoisotopic (exact) mass is 247 g/mol. The van der Waals surface area contributed by atoms with Gasteiger partial charge in [-0.25, -0.2) is 0 Å². The van der Waals surface area contributed by atoms with Crippen LogP contribution in [0.2, 0.25) is 0 Å². The molecule has 18 heavy (non-hydrogen) atoms. The molecule has 0 spiro atoms. The van der Waals surface area contributed by atoms with Crippen molar-refractivity contribution in [2.45, 2.75) is 39.7 Å². The summed E-state index contributed by atoms with van der Waals surface area (Å²) in [7, 11) is 2.04. The minimum Gasteiger partial charge on any atom is -0.298 e. The van der Waals surface area contributed by atoms with Crippen LogP contribution >= 0.6 is 0 Å². The molecule has 0 fully saturated rings. The molecule has 0 aliphatic heterocycles. The largest absolute Gasteiger partial charge is 0.298 e. The van der Waals surface area contributed by atoms with Crippen molar-refractivity contribution in [2.75, 3.05) is 13.6 Å². The van der Waals surface area contributed by atoms with Crippen LogP contribution in [-0.4, -0.2) is 30.3 Å². The first kappa shape index (κ1) is 14.9. The fourth-order valence-corrected chi connectivity index (χ4v) is 2.18. The molecule has 1 atom stereocenters. The summed E-state index contributed by atoms with van der Waals surface area (Å²) in [5, 5.41) is 0. The van der Waals surface area contributed by atoms with Crippen molar-refractivity contribution in [3.63, 3.8) is 0 Å². The lowest BCUT2D eigenvalue weighted by Crippen LogP contribution is -2.35. The summed E-state index contributed by atoms with van der Waals surface area (Å²) >= 11 is 0. The molecule has 0 saturated heterocycles. The molecule has 0 radical (unpaired) electrons. The number of carbonyl (C=O) groups excluding carboxylic acids is 1. The van der Waals surface area contributed by atoms with E-state index in [1.165, 1.54) is 0 Å². The van der Waals surface area contributed by atoms with Crippen LogP contribution in [0.1, 0.15) is 32.8 Å². The molecule has 1 aromatic rings. The van der Waals surface area contributed by atoms with E-state index in [9.17, 15) is 4.79 Å². The van der Waals surface area contributed by atoms with Gasteiger partial charge in [0.2, 0.25) is 0 Å². The summed E-state index contributed by atoms with van der Waals surface area (Å²) in [5.41, 5.74) is 1.10. The van der Waals surface area contributed by atoms with Gasteiger partial charge in [0.25, 0.3) is 0 Å². The van der Waals surface area contributed by atoms with Gasteiger partial charge in [-0.1, -0.05) is 44.2 Å². The quantitative estimate of drug-likeness (QED) is 0.737. The SMILES string of the molecule is CC(C)CC(C)N(C)CC(=O)Cc1ccccc1. The Morgan fingerprint density at radius 3 is 2.33 bits per heavy atom. The molecule has 0 amide bonds. The maximum Gasteiger partial charge on any atom is 0.151 e. The predicted octanol–water partition coefficient (Wildman–Crippen LogP) is 3.16. The fourth-order valence-electron chi connectivity index (χ4n) is 2.18. The van der Waals surface area contributed by atoms with Crippen LogP contribution < -0.4 is 0 Å². The van der Waals surface area contributed by atoms with Gasteiger partial charge < -0.3 is 0 Å². The molecule has 0 saturated carbocycles. The van der Waals surface area contributed by atoms with Gasteiger partial charge in [0, 0.05) is 12.5 Å². The second-order valence-corrected chi connectivity index (χ2v) is 5.59. The first-order valence-electron chi connectivity index (χ1n) is 6.75. The minimum atomic E-state index is 0.291. The highest BCUT2D eigenvalue weighted by molar-refractivity contribution is 5.82. The third-order valence-electron chi connectivity index (χ3n) is 3.23. The number of likely N-dealkylation sites (N-methyl/N-ethyl adjacent to an activating group) is 1. The summed E-state index contributed by atoms with van der Waals surface area (Å²) in [5.74, 6) is 0.964.